The quantitative estimate of drug-likeness (QED) is 0.439. The van der Waals surface area contributed by atoms with Gasteiger partial charge in [-0.05, 0) is 52.6 Å². The molecule has 0 unspecified atom stereocenters. The molecule has 4 aromatic rings. The summed E-state index contributed by atoms with van der Waals surface area (Å²) in [6.07, 6.45) is 0. The summed E-state index contributed by atoms with van der Waals surface area (Å²) in [5.74, 6) is 5.42. The molecule has 0 saturated heterocycles. The molecule has 29 heavy (non-hydrogen) atoms. The van der Waals surface area contributed by atoms with E-state index in [1.807, 2.05) is 36.4 Å². The summed E-state index contributed by atoms with van der Waals surface area (Å²) >= 11 is 0. The first kappa shape index (κ1) is 18.3. The third-order valence-electron chi connectivity index (χ3n) is 4.70. The zero-order valence-electron chi connectivity index (χ0n) is 15.7. The van der Waals surface area contributed by atoms with Crippen LogP contribution in [-0.2, 0) is 0 Å². The fourth-order valence-electron chi connectivity index (χ4n) is 3.15. The van der Waals surface area contributed by atoms with Crippen molar-refractivity contribution in [1.29, 1.82) is 0 Å². The molecule has 0 bridgehead atoms. The van der Waals surface area contributed by atoms with Gasteiger partial charge in [-0.3, -0.25) is 0 Å². The molecule has 4 rings (SSSR count). The number of carbonyl (C=O) groups is 1. The Morgan fingerprint density at radius 2 is 1.17 bits per heavy atom. The molecule has 0 amide bonds. The van der Waals surface area contributed by atoms with Crippen LogP contribution in [-0.4, -0.2) is 11.1 Å². The lowest BCUT2D eigenvalue weighted by molar-refractivity contribution is 0.0697. The Morgan fingerprint density at radius 1 is 0.586 bits per heavy atom. The maximum atomic E-state index is 11.0. The van der Waals surface area contributed by atoms with Crippen molar-refractivity contribution < 1.29 is 9.90 Å². The minimum atomic E-state index is -0.936. The molecular formula is C27H18O2. The van der Waals surface area contributed by atoms with Gasteiger partial charge in [0.15, 0.2) is 0 Å². The van der Waals surface area contributed by atoms with Gasteiger partial charge in [-0.2, -0.15) is 0 Å². The van der Waals surface area contributed by atoms with Crippen LogP contribution in [0.3, 0.4) is 0 Å². The fraction of sp³-hybridized carbons (Fsp3) is 0. The smallest absolute Gasteiger partial charge is 0.335 e. The Bertz CT molecular complexity index is 1190. The first-order chi connectivity index (χ1) is 14.2. The van der Waals surface area contributed by atoms with Crippen LogP contribution in [0.4, 0.5) is 0 Å². The standard InChI is InChI=1S/C27H18O2/c28-27(29)25-14-11-20(12-15-25)10-13-23-8-4-5-9-26(23)24-18-16-22(17-19-24)21-6-2-1-3-7-21/h1-9,11-12,14-19H,(H,28,29). The third-order valence-corrected chi connectivity index (χ3v) is 4.70. The molecule has 0 saturated carbocycles. The van der Waals surface area contributed by atoms with E-state index in [0.29, 0.717) is 0 Å². The lowest BCUT2D eigenvalue weighted by atomic mass is 9.97. The van der Waals surface area contributed by atoms with Gasteiger partial charge in [-0.25, -0.2) is 4.79 Å². The predicted octanol–water partition coefficient (Wildman–Crippen LogP) is 6.12. The molecule has 138 valence electrons. The molecule has 0 radical (unpaired) electrons. The van der Waals surface area contributed by atoms with Crippen molar-refractivity contribution in [2.24, 2.45) is 0 Å². The summed E-state index contributed by atoms with van der Waals surface area (Å²) in [5.41, 5.74) is 6.52. The van der Waals surface area contributed by atoms with E-state index in [-0.39, 0.29) is 5.56 Å². The Morgan fingerprint density at radius 3 is 1.86 bits per heavy atom. The zero-order valence-corrected chi connectivity index (χ0v) is 15.7. The van der Waals surface area contributed by atoms with E-state index >= 15 is 0 Å². The van der Waals surface area contributed by atoms with Crippen molar-refractivity contribution in [3.8, 4) is 34.1 Å². The molecule has 4 aromatic carbocycles. The van der Waals surface area contributed by atoms with Crippen LogP contribution < -0.4 is 0 Å². The fourth-order valence-corrected chi connectivity index (χ4v) is 3.15. The van der Waals surface area contributed by atoms with Crippen molar-refractivity contribution in [2.45, 2.75) is 0 Å². The molecule has 0 aromatic heterocycles. The normalized spacial score (nSPS) is 10.1. The van der Waals surface area contributed by atoms with Gasteiger partial charge in [0.2, 0.25) is 0 Å². The molecule has 0 heterocycles. The van der Waals surface area contributed by atoms with E-state index in [0.717, 1.165) is 22.3 Å². The van der Waals surface area contributed by atoms with Gasteiger partial charge in [-0.15, -0.1) is 0 Å². The van der Waals surface area contributed by atoms with Crippen molar-refractivity contribution in [3.05, 3.63) is 120 Å². The molecule has 2 nitrogen and oxygen atoms in total. The average Bonchev–Trinajstić information content (AvgIpc) is 2.79. The Labute approximate surface area is 170 Å². The van der Waals surface area contributed by atoms with Crippen LogP contribution in [0, 0.1) is 11.8 Å². The van der Waals surface area contributed by atoms with Crippen molar-refractivity contribution >= 4 is 5.97 Å². The number of hydrogen-bond acceptors (Lipinski definition) is 1. The zero-order chi connectivity index (χ0) is 20.1. The Kier molecular flexibility index (Phi) is 5.23. The second-order valence-electron chi connectivity index (χ2n) is 6.62. The van der Waals surface area contributed by atoms with Crippen LogP contribution in [0.15, 0.2) is 103 Å². The Hall–Kier alpha value is -4.09. The van der Waals surface area contributed by atoms with Gasteiger partial charge >= 0.3 is 5.97 Å². The highest BCUT2D eigenvalue weighted by Crippen LogP contribution is 2.27. The molecule has 0 fully saturated rings. The molecule has 0 spiro atoms. The predicted molar refractivity (Wildman–Crippen MR) is 117 cm³/mol. The summed E-state index contributed by atoms with van der Waals surface area (Å²) in [7, 11) is 0. The van der Waals surface area contributed by atoms with Crippen molar-refractivity contribution in [2.75, 3.05) is 0 Å². The molecule has 0 atom stereocenters. The highest BCUT2D eigenvalue weighted by Gasteiger charge is 2.04. The molecular weight excluding hydrogens is 356 g/mol. The van der Waals surface area contributed by atoms with Crippen LogP contribution in [0.1, 0.15) is 21.5 Å². The summed E-state index contributed by atoms with van der Waals surface area (Å²) in [6, 6.07) is 33.4. The summed E-state index contributed by atoms with van der Waals surface area (Å²) in [4.78, 5) is 11.0. The van der Waals surface area contributed by atoms with Gasteiger partial charge in [0, 0.05) is 11.1 Å². The third kappa shape index (κ3) is 4.26. The van der Waals surface area contributed by atoms with E-state index in [1.54, 1.807) is 24.3 Å². The van der Waals surface area contributed by atoms with Crippen molar-refractivity contribution in [3.63, 3.8) is 0 Å². The van der Waals surface area contributed by atoms with Gasteiger partial charge in [0.25, 0.3) is 0 Å². The highest BCUT2D eigenvalue weighted by atomic mass is 16.4. The summed E-state index contributed by atoms with van der Waals surface area (Å²) in [6.45, 7) is 0. The second kappa shape index (κ2) is 8.29. The van der Waals surface area contributed by atoms with Gasteiger partial charge in [0.1, 0.15) is 0 Å². The van der Waals surface area contributed by atoms with E-state index in [2.05, 4.69) is 54.3 Å². The van der Waals surface area contributed by atoms with Gasteiger partial charge in [0.05, 0.1) is 5.56 Å². The lowest BCUT2D eigenvalue weighted by Crippen LogP contribution is -1.94. The number of aromatic carboxylic acids is 1. The van der Waals surface area contributed by atoms with Crippen LogP contribution in [0.5, 0.6) is 0 Å². The minimum Gasteiger partial charge on any atom is -0.478 e. The van der Waals surface area contributed by atoms with Gasteiger partial charge < -0.3 is 5.11 Å². The second-order valence-corrected chi connectivity index (χ2v) is 6.62. The lowest BCUT2D eigenvalue weighted by Gasteiger charge is -2.07. The molecule has 0 aliphatic heterocycles. The summed E-state index contributed by atoms with van der Waals surface area (Å²) in [5, 5.41) is 9.00. The van der Waals surface area contributed by atoms with E-state index in [9.17, 15) is 4.79 Å². The minimum absolute atomic E-state index is 0.259. The Balaban J connectivity index is 1.63. The first-order valence-electron chi connectivity index (χ1n) is 9.31. The molecule has 0 aliphatic rings. The first-order valence-corrected chi connectivity index (χ1v) is 9.31. The number of rotatable bonds is 3. The molecule has 0 aliphatic carbocycles. The highest BCUT2D eigenvalue weighted by molar-refractivity contribution is 5.87. The molecule has 1 N–H and O–H groups in total. The van der Waals surface area contributed by atoms with Crippen molar-refractivity contribution in [1.82, 2.24) is 0 Å². The van der Waals surface area contributed by atoms with E-state index < -0.39 is 5.97 Å². The topological polar surface area (TPSA) is 37.3 Å². The largest absolute Gasteiger partial charge is 0.478 e. The maximum absolute atomic E-state index is 11.0. The van der Waals surface area contributed by atoms with Crippen LogP contribution in [0.25, 0.3) is 22.3 Å². The van der Waals surface area contributed by atoms with E-state index in [4.69, 9.17) is 5.11 Å². The van der Waals surface area contributed by atoms with Crippen LogP contribution in [0.2, 0.25) is 0 Å². The van der Waals surface area contributed by atoms with Crippen LogP contribution >= 0.6 is 0 Å². The summed E-state index contributed by atoms with van der Waals surface area (Å²) < 4.78 is 0. The average molecular weight is 374 g/mol. The number of carboxylic acids is 1. The SMILES string of the molecule is O=C(O)c1ccc(C#Cc2ccccc2-c2ccc(-c3ccccc3)cc2)cc1. The monoisotopic (exact) mass is 374 g/mol. The molecule has 2 heteroatoms. The number of benzene rings is 4. The van der Waals surface area contributed by atoms with Gasteiger partial charge in [-0.1, -0.05) is 84.6 Å². The number of hydrogen-bond donors (Lipinski definition) is 1. The number of carboxylic acid groups (broad SMARTS) is 1. The maximum Gasteiger partial charge on any atom is 0.335 e. The van der Waals surface area contributed by atoms with E-state index in [1.165, 1.54) is 11.1 Å².